The van der Waals surface area contributed by atoms with Crippen molar-refractivity contribution >= 4 is 47.8 Å². The molecule has 0 aromatic rings. The first-order valence-corrected chi connectivity index (χ1v) is 11.5. The Kier molecular flexibility index (Phi) is 43.4. The summed E-state index contributed by atoms with van der Waals surface area (Å²) in [6.45, 7) is 13.3. The molecule has 8 radical (unpaired) electrons. The van der Waals surface area contributed by atoms with Crippen molar-refractivity contribution < 1.29 is 38.9 Å². The number of carbonyl (C=O) groups is 4. The van der Waals surface area contributed by atoms with Gasteiger partial charge in [0.2, 0.25) is 0 Å². The van der Waals surface area contributed by atoms with Gasteiger partial charge in [-0.1, -0.05) is 53.4 Å². The fourth-order valence-electron chi connectivity index (χ4n) is 1.24. The van der Waals surface area contributed by atoms with Gasteiger partial charge in [0.25, 0.3) is 0 Å². The molecule has 10 nitrogen and oxygen atoms in total. The Bertz CT molecular complexity index is 456. The summed E-state index contributed by atoms with van der Waals surface area (Å²) >= 11 is 0. The molecule has 204 valence electrons. The van der Waals surface area contributed by atoms with Crippen molar-refractivity contribution in [3.63, 3.8) is 0 Å². The molecular formula is C24H46N2O8Sn. The summed E-state index contributed by atoms with van der Waals surface area (Å²) < 4.78 is 9.46. The molecule has 0 saturated carbocycles. The number of hydrogen-bond donors (Lipinski definition) is 0. The van der Waals surface area contributed by atoms with Gasteiger partial charge >= 0.3 is 23.9 Å². The van der Waals surface area contributed by atoms with Crippen LogP contribution in [0.2, 0.25) is 0 Å². The third-order valence-corrected chi connectivity index (χ3v) is 3.38. The van der Waals surface area contributed by atoms with Crippen molar-refractivity contribution in [3.8, 4) is 0 Å². The van der Waals surface area contributed by atoms with Gasteiger partial charge in [0, 0.05) is 37.0 Å². The van der Waals surface area contributed by atoms with E-state index in [0.29, 0.717) is 26.3 Å². The van der Waals surface area contributed by atoms with Crippen molar-refractivity contribution in [1.29, 1.82) is 0 Å². The maximum Gasteiger partial charge on any atom is 0.356 e. The standard InChI is InChI=1S/2C8H14NO4.2C4H9.Sn/c2*1-9(2)5-6-13-8(12)4-3-7(10)11;2*1-3-4-2;/h2*3-6H2,1-2H3;2*1,3-4H2,2H3;. The molecule has 0 aliphatic heterocycles. The van der Waals surface area contributed by atoms with Gasteiger partial charge in [-0.25, -0.2) is 19.8 Å². The summed E-state index contributed by atoms with van der Waals surface area (Å²) in [5.41, 5.74) is 0. The minimum absolute atomic E-state index is 0. The predicted molar refractivity (Wildman–Crippen MR) is 135 cm³/mol. The van der Waals surface area contributed by atoms with E-state index in [4.69, 9.17) is 9.47 Å². The summed E-state index contributed by atoms with van der Waals surface area (Å²) in [6.07, 6.45) is 3.77. The van der Waals surface area contributed by atoms with E-state index in [-0.39, 0.29) is 49.6 Å². The molecule has 0 atom stereocenters. The summed E-state index contributed by atoms with van der Waals surface area (Å²) in [4.78, 5) is 45.2. The van der Waals surface area contributed by atoms with Crippen LogP contribution in [0.15, 0.2) is 0 Å². The third-order valence-electron chi connectivity index (χ3n) is 3.38. The van der Waals surface area contributed by atoms with Crippen molar-refractivity contribution in [2.75, 3.05) is 54.5 Å². The maximum absolute atomic E-state index is 10.8. The summed E-state index contributed by atoms with van der Waals surface area (Å²) in [5.74, 6) is -3.45. The Hall–Kier alpha value is -1.40. The van der Waals surface area contributed by atoms with E-state index in [1.54, 1.807) is 0 Å². The number of hydrogen-bond acceptors (Lipinski definition) is 8. The van der Waals surface area contributed by atoms with Crippen LogP contribution in [0.1, 0.15) is 65.2 Å². The molecule has 0 saturated heterocycles. The Morgan fingerprint density at radius 3 is 1.06 bits per heavy atom. The van der Waals surface area contributed by atoms with Gasteiger partial charge < -0.3 is 19.3 Å². The average Bonchev–Trinajstić information content (AvgIpc) is 2.76. The molecule has 0 N–H and O–H groups in total. The van der Waals surface area contributed by atoms with E-state index in [1.165, 1.54) is 12.8 Å². The minimum Gasteiger partial charge on any atom is -0.464 e. The van der Waals surface area contributed by atoms with Gasteiger partial charge in [-0.3, -0.25) is 9.59 Å². The van der Waals surface area contributed by atoms with E-state index in [2.05, 4.69) is 27.7 Å². The second-order valence-electron chi connectivity index (χ2n) is 7.50. The largest absolute Gasteiger partial charge is 0.464 e. The quantitative estimate of drug-likeness (QED) is 0.217. The smallest absolute Gasteiger partial charge is 0.356 e. The number of ether oxygens (including phenoxy) is 2. The molecule has 0 rings (SSSR count). The summed E-state index contributed by atoms with van der Waals surface area (Å²) in [5, 5.41) is 19.9. The van der Waals surface area contributed by atoms with E-state index in [9.17, 15) is 29.4 Å². The van der Waals surface area contributed by atoms with Gasteiger partial charge in [-0.05, 0) is 28.2 Å². The molecule has 0 aliphatic carbocycles. The van der Waals surface area contributed by atoms with Gasteiger partial charge in [0.05, 0.1) is 25.7 Å². The number of unbranched alkanes of at least 4 members (excludes halogenated alkanes) is 2. The maximum atomic E-state index is 10.8. The van der Waals surface area contributed by atoms with E-state index >= 15 is 0 Å². The fraction of sp³-hybridized carbons (Fsp3) is 0.750. The Morgan fingerprint density at radius 1 is 0.629 bits per heavy atom. The first-order chi connectivity index (χ1) is 15.9. The number of esters is 2. The number of carbonyl (C=O) groups excluding carboxylic acids is 4. The van der Waals surface area contributed by atoms with E-state index < -0.39 is 23.9 Å². The van der Waals surface area contributed by atoms with Crippen LogP contribution in [0.5, 0.6) is 0 Å². The predicted octanol–water partition coefficient (Wildman–Crippen LogP) is 2.52. The van der Waals surface area contributed by atoms with Gasteiger partial charge in [0.15, 0.2) is 0 Å². The molecule has 0 heterocycles. The molecule has 0 fully saturated rings. The molecule has 0 unspecified atom stereocenters. The van der Waals surface area contributed by atoms with Crippen LogP contribution >= 0.6 is 0 Å². The van der Waals surface area contributed by atoms with Crippen LogP contribution in [0.25, 0.3) is 0 Å². The summed E-state index contributed by atoms with van der Waals surface area (Å²) in [6, 6.07) is 0. The summed E-state index contributed by atoms with van der Waals surface area (Å²) in [7, 11) is 7.42. The second-order valence-corrected chi connectivity index (χ2v) is 7.50. The van der Waals surface area contributed by atoms with Gasteiger partial charge in [0.1, 0.15) is 13.2 Å². The van der Waals surface area contributed by atoms with Crippen molar-refractivity contribution in [2.45, 2.75) is 65.2 Å². The monoisotopic (exact) mass is 610 g/mol. The Morgan fingerprint density at radius 2 is 0.886 bits per heavy atom. The van der Waals surface area contributed by atoms with Crippen LogP contribution in [0.4, 0.5) is 0 Å². The van der Waals surface area contributed by atoms with Crippen LogP contribution in [-0.2, 0) is 38.9 Å². The molecule has 11 heteroatoms. The zero-order chi connectivity index (χ0) is 27.4. The molecule has 0 aliphatic rings. The van der Waals surface area contributed by atoms with Crippen molar-refractivity contribution in [3.05, 3.63) is 13.8 Å². The zero-order valence-electron chi connectivity index (χ0n) is 22.6. The molecule has 0 aromatic heterocycles. The van der Waals surface area contributed by atoms with Crippen LogP contribution < -0.4 is 0 Å². The van der Waals surface area contributed by atoms with Gasteiger partial charge in [-0.15, -0.1) is 0 Å². The van der Waals surface area contributed by atoms with Crippen LogP contribution in [0.3, 0.4) is 0 Å². The normalized spacial score (nSPS) is 9.20. The third kappa shape index (κ3) is 59.8. The SMILES string of the molecule is CN(C)CCOC(=O)CCC([O])=O.CN(C)CCOC(=O)CCC([O])=O.[CH2]CCC.[CH2]CCC.[Sn]. The molecule has 0 spiro atoms. The van der Waals surface area contributed by atoms with Gasteiger partial charge in [-0.2, -0.15) is 0 Å². The molecule has 0 aromatic carbocycles. The van der Waals surface area contributed by atoms with Crippen LogP contribution in [0, 0.1) is 13.8 Å². The number of nitrogens with zero attached hydrogens (tertiary/aromatic N) is 2. The van der Waals surface area contributed by atoms with E-state index in [0.717, 1.165) is 12.8 Å². The molecular weight excluding hydrogens is 563 g/mol. The second kappa shape index (κ2) is 34.8. The van der Waals surface area contributed by atoms with Crippen molar-refractivity contribution in [1.82, 2.24) is 9.80 Å². The van der Waals surface area contributed by atoms with Crippen LogP contribution in [-0.4, -0.2) is 112 Å². The number of rotatable bonds is 14. The Balaban J connectivity index is -0.000000128. The van der Waals surface area contributed by atoms with E-state index in [1.807, 2.05) is 38.0 Å². The zero-order valence-corrected chi connectivity index (χ0v) is 25.4. The minimum atomic E-state index is -1.23. The topological polar surface area (TPSA) is 133 Å². The molecule has 35 heavy (non-hydrogen) atoms. The first kappa shape index (κ1) is 43.7. The van der Waals surface area contributed by atoms with Crippen molar-refractivity contribution in [2.24, 2.45) is 0 Å². The fourth-order valence-corrected chi connectivity index (χ4v) is 1.24. The Labute approximate surface area is 229 Å². The molecule has 0 bridgehead atoms. The number of likely N-dealkylation sites (N-methyl/N-ethyl adjacent to an activating group) is 2. The first-order valence-electron chi connectivity index (χ1n) is 11.5. The average molecular weight is 609 g/mol. The molecule has 0 amide bonds.